The monoisotopic (exact) mass is 346 g/mol. The zero-order chi connectivity index (χ0) is 17.6. The number of nitrogens with zero attached hydrogens (tertiary/aromatic N) is 4. The first-order chi connectivity index (χ1) is 12.0. The Kier molecular flexibility index (Phi) is 3.81. The molecule has 3 heterocycles. The van der Waals surface area contributed by atoms with Crippen LogP contribution in [0.1, 0.15) is 17.8 Å². The molecule has 1 atom stereocenters. The summed E-state index contributed by atoms with van der Waals surface area (Å²) >= 11 is 0. The maximum Gasteiger partial charge on any atom is 0.332 e. The lowest BCUT2D eigenvalue weighted by atomic mass is 10.0. The summed E-state index contributed by atoms with van der Waals surface area (Å²) in [4.78, 5) is 26.3. The summed E-state index contributed by atoms with van der Waals surface area (Å²) in [7, 11) is 1.47. The number of aryl methyl sites for hydroxylation is 1. The molecule has 2 aromatic rings. The molecule has 1 saturated heterocycles. The van der Waals surface area contributed by atoms with E-state index in [2.05, 4.69) is 10.00 Å². The predicted molar refractivity (Wildman–Crippen MR) is 87.6 cm³/mol. The van der Waals surface area contributed by atoms with E-state index in [0.29, 0.717) is 25.5 Å². The molecule has 0 saturated carbocycles. The van der Waals surface area contributed by atoms with Gasteiger partial charge in [0.15, 0.2) is 5.82 Å². The summed E-state index contributed by atoms with van der Waals surface area (Å²) in [6.07, 6.45) is 0.773. The first-order valence-electron chi connectivity index (χ1n) is 8.24. The lowest BCUT2D eigenvalue weighted by Gasteiger charge is -2.35. The molecule has 8 heteroatoms. The fourth-order valence-electron chi connectivity index (χ4n) is 3.62. The molecule has 1 spiro atoms. The number of rotatable bonds is 2. The van der Waals surface area contributed by atoms with Crippen LogP contribution in [0.25, 0.3) is 0 Å². The van der Waals surface area contributed by atoms with Gasteiger partial charge in [-0.15, -0.1) is 0 Å². The zero-order valence-corrected chi connectivity index (χ0v) is 13.9. The van der Waals surface area contributed by atoms with E-state index in [-0.39, 0.29) is 12.4 Å². The fourth-order valence-corrected chi connectivity index (χ4v) is 3.62. The van der Waals surface area contributed by atoms with Crippen LogP contribution in [-0.4, -0.2) is 37.9 Å². The van der Waals surface area contributed by atoms with Crippen molar-refractivity contribution in [1.82, 2.24) is 19.2 Å². The number of ether oxygens (including phenoxy) is 1. The molecule has 0 aliphatic carbocycles. The molecule has 0 N–H and O–H groups in total. The van der Waals surface area contributed by atoms with Crippen molar-refractivity contribution in [3.8, 4) is 0 Å². The summed E-state index contributed by atoms with van der Waals surface area (Å²) in [6, 6.07) is 6.45. The van der Waals surface area contributed by atoms with Crippen LogP contribution >= 0.6 is 0 Å². The van der Waals surface area contributed by atoms with Crippen LogP contribution in [0.2, 0.25) is 0 Å². The summed E-state index contributed by atoms with van der Waals surface area (Å²) in [6.45, 7) is 2.73. The van der Waals surface area contributed by atoms with Gasteiger partial charge in [0.2, 0.25) is 0 Å². The molecule has 2 aliphatic heterocycles. The van der Waals surface area contributed by atoms with Crippen molar-refractivity contribution in [1.29, 1.82) is 0 Å². The second-order valence-corrected chi connectivity index (χ2v) is 6.80. The maximum absolute atomic E-state index is 13.0. The van der Waals surface area contributed by atoms with E-state index in [1.165, 1.54) is 23.7 Å². The molecule has 25 heavy (non-hydrogen) atoms. The molecule has 1 aromatic heterocycles. The van der Waals surface area contributed by atoms with Crippen molar-refractivity contribution < 1.29 is 9.13 Å². The molecule has 132 valence electrons. The highest BCUT2D eigenvalue weighted by atomic mass is 19.1. The molecule has 1 aromatic carbocycles. The summed E-state index contributed by atoms with van der Waals surface area (Å²) < 4.78 is 21.6. The Labute approximate surface area is 143 Å². The first-order valence-corrected chi connectivity index (χ1v) is 8.24. The first kappa shape index (κ1) is 16.2. The van der Waals surface area contributed by atoms with E-state index in [4.69, 9.17) is 4.74 Å². The second-order valence-electron chi connectivity index (χ2n) is 6.80. The highest BCUT2D eigenvalue weighted by Crippen LogP contribution is 2.31. The Bertz CT molecular complexity index is 921. The van der Waals surface area contributed by atoms with E-state index in [1.54, 1.807) is 12.1 Å². The van der Waals surface area contributed by atoms with Gasteiger partial charge in [-0.05, 0) is 24.1 Å². The lowest BCUT2D eigenvalue weighted by Crippen LogP contribution is -2.52. The highest BCUT2D eigenvalue weighted by molar-refractivity contribution is 5.16. The lowest BCUT2D eigenvalue weighted by molar-refractivity contribution is -0.0858. The van der Waals surface area contributed by atoms with Crippen LogP contribution in [-0.2, 0) is 31.5 Å². The van der Waals surface area contributed by atoms with Gasteiger partial charge >= 0.3 is 11.1 Å². The van der Waals surface area contributed by atoms with Crippen LogP contribution in [0, 0.1) is 5.82 Å². The average molecular weight is 346 g/mol. The van der Waals surface area contributed by atoms with Crippen molar-refractivity contribution in [2.75, 3.05) is 13.1 Å². The largest absolute Gasteiger partial charge is 0.364 e. The van der Waals surface area contributed by atoms with Gasteiger partial charge in [0.25, 0.3) is 0 Å². The number of benzene rings is 1. The van der Waals surface area contributed by atoms with Gasteiger partial charge in [-0.3, -0.25) is 19.1 Å². The minimum Gasteiger partial charge on any atom is -0.364 e. The van der Waals surface area contributed by atoms with E-state index >= 15 is 0 Å². The SMILES string of the molecule is Cn1nc2n(c(=O)c1=O)C[C@@]1(CCN(Cc3ccc(F)cc3)C1)OC2. The third-order valence-electron chi connectivity index (χ3n) is 4.97. The molecule has 0 amide bonds. The van der Waals surface area contributed by atoms with E-state index < -0.39 is 16.7 Å². The maximum atomic E-state index is 13.0. The smallest absolute Gasteiger partial charge is 0.332 e. The number of aromatic nitrogens is 3. The van der Waals surface area contributed by atoms with Crippen LogP contribution in [0.4, 0.5) is 4.39 Å². The molecule has 2 aliphatic rings. The summed E-state index contributed by atoms with van der Waals surface area (Å²) in [5.74, 6) is 0.233. The van der Waals surface area contributed by atoms with Crippen LogP contribution in [0.15, 0.2) is 33.9 Å². The minimum atomic E-state index is -0.623. The van der Waals surface area contributed by atoms with E-state index in [9.17, 15) is 14.0 Å². The molecule has 0 unspecified atom stereocenters. The van der Waals surface area contributed by atoms with Crippen molar-refractivity contribution >= 4 is 0 Å². The van der Waals surface area contributed by atoms with Gasteiger partial charge in [0.05, 0.1) is 6.54 Å². The van der Waals surface area contributed by atoms with Gasteiger partial charge in [-0.25, -0.2) is 9.07 Å². The molecule has 7 nitrogen and oxygen atoms in total. The predicted octanol–water partition coefficient (Wildman–Crippen LogP) is 0.256. The molecule has 0 bridgehead atoms. The van der Waals surface area contributed by atoms with Gasteiger partial charge < -0.3 is 4.74 Å². The second kappa shape index (κ2) is 5.89. The zero-order valence-electron chi connectivity index (χ0n) is 13.9. The Hall–Kier alpha value is -2.32. The van der Waals surface area contributed by atoms with E-state index in [1.807, 2.05) is 0 Å². The number of hydrogen-bond acceptors (Lipinski definition) is 5. The molecule has 1 fully saturated rings. The average Bonchev–Trinajstić information content (AvgIpc) is 2.98. The van der Waals surface area contributed by atoms with Crippen LogP contribution in [0.3, 0.4) is 0 Å². The number of halogens is 1. The van der Waals surface area contributed by atoms with Gasteiger partial charge in [0, 0.05) is 26.7 Å². The Morgan fingerprint density at radius 3 is 2.72 bits per heavy atom. The Balaban J connectivity index is 1.53. The van der Waals surface area contributed by atoms with Crippen molar-refractivity contribution in [3.63, 3.8) is 0 Å². The fraction of sp³-hybridized carbons (Fsp3) is 0.471. The quantitative estimate of drug-likeness (QED) is 0.730. The van der Waals surface area contributed by atoms with E-state index in [0.717, 1.165) is 23.2 Å². The molecular formula is C17H19FN4O3. The van der Waals surface area contributed by atoms with Crippen molar-refractivity contribution in [2.24, 2.45) is 7.05 Å². The summed E-state index contributed by atoms with van der Waals surface area (Å²) in [5, 5.41) is 4.12. The normalized spacial score (nSPS) is 23.1. The highest BCUT2D eigenvalue weighted by Gasteiger charge is 2.43. The number of likely N-dealkylation sites (tertiary alicyclic amines) is 1. The summed E-state index contributed by atoms with van der Waals surface area (Å²) in [5.41, 5.74) is -0.623. The van der Waals surface area contributed by atoms with Gasteiger partial charge in [-0.2, -0.15) is 5.10 Å². The Morgan fingerprint density at radius 2 is 1.96 bits per heavy atom. The number of fused-ring (bicyclic) bond motifs is 1. The van der Waals surface area contributed by atoms with Gasteiger partial charge in [-0.1, -0.05) is 12.1 Å². The standard InChI is InChI=1S/C17H19FN4O3/c1-20-15(23)16(24)22-11-17(25-9-14(22)19-20)6-7-21(10-17)8-12-2-4-13(18)5-3-12/h2-5H,6-11H2,1H3/t17-/m0/s1. The Morgan fingerprint density at radius 1 is 1.20 bits per heavy atom. The topological polar surface area (TPSA) is 69.4 Å². The molecule has 0 radical (unpaired) electrons. The minimum absolute atomic E-state index is 0.216. The molecular weight excluding hydrogens is 327 g/mol. The third-order valence-corrected chi connectivity index (χ3v) is 4.97. The number of hydrogen-bond donors (Lipinski definition) is 0. The van der Waals surface area contributed by atoms with Crippen LogP contribution in [0.5, 0.6) is 0 Å². The van der Waals surface area contributed by atoms with Crippen molar-refractivity contribution in [3.05, 3.63) is 62.2 Å². The van der Waals surface area contributed by atoms with Crippen molar-refractivity contribution in [2.45, 2.75) is 31.7 Å². The van der Waals surface area contributed by atoms with Crippen LogP contribution < -0.4 is 11.1 Å². The molecule has 4 rings (SSSR count). The third kappa shape index (κ3) is 2.91. The van der Waals surface area contributed by atoms with Gasteiger partial charge in [0.1, 0.15) is 18.0 Å².